The Morgan fingerprint density at radius 1 is 0.412 bits per heavy atom. The smallest absolute Gasteiger partial charge is 0.160 e. The van der Waals surface area contributed by atoms with Crippen LogP contribution in [0.1, 0.15) is 22.3 Å². The fourth-order valence-electron chi connectivity index (χ4n) is 8.40. The Labute approximate surface area is 304 Å². The summed E-state index contributed by atoms with van der Waals surface area (Å²) in [5.74, 6) is 0.732. The Bertz CT molecular complexity index is 2730. The van der Waals surface area contributed by atoms with Crippen LogP contribution < -0.4 is 0 Å². The number of benzene rings is 7. The predicted octanol–water partition coefficient (Wildman–Crippen LogP) is 12.7. The molecule has 4 heteroatoms. The number of hydrogen-bond acceptors (Lipinski definition) is 4. The van der Waals surface area contributed by atoms with Gasteiger partial charge in [-0.2, -0.15) is 0 Å². The topological polar surface area (TPSA) is 25.8 Å². The summed E-state index contributed by atoms with van der Waals surface area (Å²) in [5, 5.41) is 2.55. The van der Waals surface area contributed by atoms with Crippen LogP contribution in [0.3, 0.4) is 0 Å². The maximum Gasteiger partial charge on any atom is 0.160 e. The second kappa shape index (κ2) is 11.1. The Morgan fingerprint density at radius 2 is 1.02 bits per heavy atom. The quantitative estimate of drug-likeness (QED) is 0.185. The van der Waals surface area contributed by atoms with E-state index in [0.29, 0.717) is 0 Å². The molecule has 238 valence electrons. The molecule has 7 aromatic carbocycles. The summed E-state index contributed by atoms with van der Waals surface area (Å²) in [6, 6.07) is 61.7. The molecule has 3 heterocycles. The normalized spacial score (nSPS) is 13.6. The van der Waals surface area contributed by atoms with Crippen molar-refractivity contribution in [3.8, 4) is 45.0 Å². The lowest BCUT2D eigenvalue weighted by molar-refractivity contribution is 0.723. The van der Waals surface area contributed by atoms with Gasteiger partial charge in [-0.05, 0) is 63.7 Å². The zero-order chi connectivity index (χ0) is 33.5. The third-order valence-electron chi connectivity index (χ3n) is 10.6. The largest absolute Gasteiger partial charge is 0.228 e. The standard InChI is InChI=1S/C47H28N2S2/c1-3-14-29(15-4-1)40-28-41(49-46(48-40)30-16-5-2-6-17-30)33-20-13-19-32-35-26-39-34(27-44(35)51-45(32)33)31-18-7-8-21-36(31)47(39)37-22-9-11-24-42(37)50-43-25-12-10-23-38(43)47/h1-28H. The third kappa shape index (κ3) is 4.18. The van der Waals surface area contributed by atoms with Gasteiger partial charge in [0.15, 0.2) is 5.82 Å². The van der Waals surface area contributed by atoms with E-state index >= 15 is 0 Å². The first-order valence-corrected chi connectivity index (χ1v) is 18.9. The van der Waals surface area contributed by atoms with E-state index in [1.807, 2.05) is 47.4 Å². The Hall–Kier alpha value is -5.81. The summed E-state index contributed by atoms with van der Waals surface area (Å²) in [4.78, 5) is 12.9. The van der Waals surface area contributed by atoms with Gasteiger partial charge in [0, 0.05) is 46.7 Å². The van der Waals surface area contributed by atoms with Crippen molar-refractivity contribution in [2.45, 2.75) is 15.2 Å². The van der Waals surface area contributed by atoms with Crippen molar-refractivity contribution in [1.82, 2.24) is 9.97 Å². The first-order chi connectivity index (χ1) is 25.3. The Kier molecular flexibility index (Phi) is 6.30. The van der Waals surface area contributed by atoms with Gasteiger partial charge >= 0.3 is 0 Å². The highest BCUT2D eigenvalue weighted by Gasteiger charge is 2.50. The highest BCUT2D eigenvalue weighted by Crippen LogP contribution is 2.63. The van der Waals surface area contributed by atoms with Gasteiger partial charge in [0.1, 0.15) is 0 Å². The van der Waals surface area contributed by atoms with Crippen LogP contribution in [0.2, 0.25) is 0 Å². The fraction of sp³-hybridized carbons (Fsp3) is 0.0213. The zero-order valence-electron chi connectivity index (χ0n) is 27.4. The molecule has 0 saturated heterocycles. The van der Waals surface area contributed by atoms with Gasteiger partial charge in [-0.25, -0.2) is 9.97 Å². The summed E-state index contributed by atoms with van der Waals surface area (Å²) >= 11 is 3.76. The highest BCUT2D eigenvalue weighted by molar-refractivity contribution is 7.99. The summed E-state index contributed by atoms with van der Waals surface area (Å²) in [6.07, 6.45) is 0. The van der Waals surface area contributed by atoms with Gasteiger partial charge < -0.3 is 0 Å². The summed E-state index contributed by atoms with van der Waals surface area (Å²) in [7, 11) is 0. The molecular formula is C47H28N2S2. The molecule has 0 amide bonds. The molecule has 0 N–H and O–H groups in total. The van der Waals surface area contributed by atoms with Crippen molar-refractivity contribution < 1.29 is 0 Å². The molecule has 51 heavy (non-hydrogen) atoms. The minimum atomic E-state index is -0.397. The lowest BCUT2D eigenvalue weighted by Crippen LogP contribution is -2.31. The van der Waals surface area contributed by atoms with Gasteiger partial charge in [-0.1, -0.05) is 151 Å². The first kappa shape index (κ1) is 29.0. The van der Waals surface area contributed by atoms with Crippen LogP contribution in [-0.4, -0.2) is 9.97 Å². The molecule has 0 fully saturated rings. The molecule has 11 rings (SSSR count). The zero-order valence-corrected chi connectivity index (χ0v) is 29.0. The van der Waals surface area contributed by atoms with Crippen LogP contribution in [0.25, 0.3) is 65.2 Å². The molecule has 1 aliphatic heterocycles. The average Bonchev–Trinajstić information content (AvgIpc) is 3.71. The lowest BCUT2D eigenvalue weighted by Gasteiger charge is -2.39. The molecule has 0 radical (unpaired) electrons. The Morgan fingerprint density at radius 3 is 1.76 bits per heavy atom. The van der Waals surface area contributed by atoms with Crippen LogP contribution in [0.5, 0.6) is 0 Å². The number of rotatable bonds is 3. The van der Waals surface area contributed by atoms with Gasteiger partial charge in [0.2, 0.25) is 0 Å². The van der Waals surface area contributed by atoms with E-state index in [1.165, 1.54) is 63.3 Å². The van der Waals surface area contributed by atoms with Gasteiger partial charge in [0.05, 0.1) is 16.8 Å². The minimum absolute atomic E-state index is 0.397. The van der Waals surface area contributed by atoms with Gasteiger partial charge in [0.25, 0.3) is 0 Å². The van der Waals surface area contributed by atoms with E-state index in [9.17, 15) is 0 Å². The van der Waals surface area contributed by atoms with Crippen molar-refractivity contribution in [3.05, 3.63) is 192 Å². The molecule has 0 atom stereocenters. The molecule has 2 aromatic heterocycles. The second-order valence-corrected chi connectivity index (χ2v) is 15.4. The molecule has 1 aliphatic carbocycles. The molecule has 0 saturated carbocycles. The number of nitrogens with zero attached hydrogens (tertiary/aromatic N) is 2. The minimum Gasteiger partial charge on any atom is -0.228 e. The van der Waals surface area contributed by atoms with Crippen molar-refractivity contribution in [1.29, 1.82) is 0 Å². The predicted molar refractivity (Wildman–Crippen MR) is 213 cm³/mol. The number of fused-ring (bicyclic) bond motifs is 12. The molecule has 2 nitrogen and oxygen atoms in total. The molecule has 1 spiro atoms. The lowest BCUT2D eigenvalue weighted by atomic mass is 9.67. The maximum atomic E-state index is 5.22. The highest BCUT2D eigenvalue weighted by atomic mass is 32.2. The van der Waals surface area contributed by atoms with Crippen LogP contribution in [0, 0.1) is 0 Å². The summed E-state index contributed by atoms with van der Waals surface area (Å²) in [6.45, 7) is 0. The van der Waals surface area contributed by atoms with E-state index in [0.717, 1.165) is 33.9 Å². The van der Waals surface area contributed by atoms with Crippen molar-refractivity contribution in [2.24, 2.45) is 0 Å². The van der Waals surface area contributed by atoms with Gasteiger partial charge in [-0.15, -0.1) is 11.3 Å². The number of thiophene rings is 1. The molecule has 0 unspecified atom stereocenters. The van der Waals surface area contributed by atoms with E-state index in [4.69, 9.17) is 9.97 Å². The van der Waals surface area contributed by atoms with Crippen molar-refractivity contribution in [2.75, 3.05) is 0 Å². The average molecular weight is 685 g/mol. The molecule has 9 aromatic rings. The van der Waals surface area contributed by atoms with E-state index in [-0.39, 0.29) is 0 Å². The van der Waals surface area contributed by atoms with Crippen molar-refractivity contribution >= 4 is 43.3 Å². The first-order valence-electron chi connectivity index (χ1n) is 17.2. The van der Waals surface area contributed by atoms with E-state index in [2.05, 4.69) is 146 Å². The summed E-state index contributed by atoms with van der Waals surface area (Å²) < 4.78 is 2.53. The van der Waals surface area contributed by atoms with Crippen LogP contribution >= 0.6 is 23.1 Å². The third-order valence-corrected chi connectivity index (χ3v) is 12.9. The van der Waals surface area contributed by atoms with Crippen molar-refractivity contribution in [3.63, 3.8) is 0 Å². The van der Waals surface area contributed by atoms with E-state index < -0.39 is 5.41 Å². The fourth-order valence-corrected chi connectivity index (χ4v) is 10.8. The number of aromatic nitrogens is 2. The Balaban J connectivity index is 1.19. The second-order valence-electron chi connectivity index (χ2n) is 13.3. The van der Waals surface area contributed by atoms with Crippen LogP contribution in [0.15, 0.2) is 180 Å². The molecule has 2 aliphatic rings. The SMILES string of the molecule is c1ccc(-c2cc(-c3cccc4c3sc3cc5c(cc34)C3(c4ccccc4Sc4ccccc43)c3ccccc3-5)nc(-c3ccccc3)n2)cc1. The van der Waals surface area contributed by atoms with Gasteiger partial charge in [-0.3, -0.25) is 0 Å². The van der Waals surface area contributed by atoms with E-state index in [1.54, 1.807) is 0 Å². The molecule has 0 bridgehead atoms. The van der Waals surface area contributed by atoms with Crippen LogP contribution in [-0.2, 0) is 5.41 Å². The monoisotopic (exact) mass is 684 g/mol. The maximum absolute atomic E-state index is 5.22. The summed E-state index contributed by atoms with van der Waals surface area (Å²) in [5.41, 5.74) is 12.8. The number of hydrogen-bond donors (Lipinski definition) is 0. The molecular weight excluding hydrogens is 657 g/mol. The van der Waals surface area contributed by atoms with Crippen LogP contribution in [0.4, 0.5) is 0 Å².